The summed E-state index contributed by atoms with van der Waals surface area (Å²) in [6.07, 6.45) is 3.39. The van der Waals surface area contributed by atoms with Gasteiger partial charge in [-0.3, -0.25) is 9.59 Å². The lowest BCUT2D eigenvalue weighted by Gasteiger charge is -2.22. The molecule has 2 aliphatic rings. The summed E-state index contributed by atoms with van der Waals surface area (Å²) in [6.45, 7) is 4.10. The van der Waals surface area contributed by atoms with Crippen LogP contribution in [0.4, 0.5) is 5.69 Å². The molecule has 2 aliphatic heterocycles. The number of rotatable bonds is 3. The number of nitrogens with zero attached hydrogens (tertiary/aromatic N) is 1. The summed E-state index contributed by atoms with van der Waals surface area (Å²) in [4.78, 5) is 27.3. The Hall–Kier alpha value is -3.14. The van der Waals surface area contributed by atoms with Gasteiger partial charge < -0.3 is 9.64 Å². The van der Waals surface area contributed by atoms with Crippen LogP contribution in [0.15, 0.2) is 73.0 Å². The number of carbonyl (C=O) groups excluding carboxylic acids is 2. The van der Waals surface area contributed by atoms with Gasteiger partial charge in [0.05, 0.1) is 12.1 Å². The van der Waals surface area contributed by atoms with Crippen molar-refractivity contribution in [3.05, 3.63) is 84.1 Å². The molecule has 0 N–H and O–H groups in total. The van der Waals surface area contributed by atoms with Crippen LogP contribution >= 0.6 is 0 Å². The first kappa shape index (κ1) is 15.4. The largest absolute Gasteiger partial charge is 0.468 e. The minimum absolute atomic E-state index is 0.0230. The molecule has 1 spiro atoms. The average molecular weight is 331 g/mol. The highest BCUT2D eigenvalue weighted by Crippen LogP contribution is 2.50. The summed E-state index contributed by atoms with van der Waals surface area (Å²) in [5.41, 5.74) is 1.13. The predicted molar refractivity (Wildman–Crippen MR) is 95.8 cm³/mol. The van der Waals surface area contributed by atoms with E-state index in [9.17, 15) is 9.59 Å². The van der Waals surface area contributed by atoms with Crippen molar-refractivity contribution >= 4 is 23.5 Å². The van der Waals surface area contributed by atoms with Gasteiger partial charge in [0.15, 0.2) is 5.76 Å². The van der Waals surface area contributed by atoms with E-state index in [0.29, 0.717) is 6.54 Å². The molecular formula is C21H17NO3. The van der Waals surface area contributed by atoms with Crippen LogP contribution in [0.25, 0.3) is 6.08 Å². The topological polar surface area (TPSA) is 46.6 Å². The van der Waals surface area contributed by atoms with Gasteiger partial charge in [0, 0.05) is 12.1 Å². The normalized spacial score (nSPS) is 23.2. The molecule has 4 rings (SSSR count). The number of fused-ring (bicyclic) bond motifs is 2. The van der Waals surface area contributed by atoms with E-state index in [1.807, 2.05) is 54.6 Å². The van der Waals surface area contributed by atoms with Crippen molar-refractivity contribution in [3.8, 4) is 0 Å². The van der Waals surface area contributed by atoms with Gasteiger partial charge in [0.1, 0.15) is 0 Å². The first-order valence-electron chi connectivity index (χ1n) is 8.17. The molecule has 4 heteroatoms. The summed E-state index contributed by atoms with van der Waals surface area (Å²) < 4.78 is 6.03. The van der Waals surface area contributed by atoms with E-state index < -0.39 is 5.60 Å². The highest BCUT2D eigenvalue weighted by Gasteiger charge is 2.58. The van der Waals surface area contributed by atoms with Crippen molar-refractivity contribution in [2.45, 2.75) is 12.0 Å². The Bertz CT molecular complexity index is 900. The van der Waals surface area contributed by atoms with Gasteiger partial charge in [-0.2, -0.15) is 0 Å². The second-order valence-corrected chi connectivity index (χ2v) is 6.17. The number of benzene rings is 2. The molecule has 1 atom stereocenters. The molecule has 2 aromatic carbocycles. The van der Waals surface area contributed by atoms with Crippen LogP contribution in [-0.4, -0.2) is 18.2 Å². The van der Waals surface area contributed by atoms with Crippen LogP contribution in [0.2, 0.25) is 0 Å². The van der Waals surface area contributed by atoms with Gasteiger partial charge in [0.25, 0.3) is 5.91 Å². The maximum absolute atomic E-state index is 13.1. The maximum Gasteiger partial charge on any atom is 0.276 e. The van der Waals surface area contributed by atoms with Gasteiger partial charge in [0.2, 0.25) is 11.4 Å². The summed E-state index contributed by atoms with van der Waals surface area (Å²) in [7, 11) is 0. The Balaban J connectivity index is 1.78. The van der Waals surface area contributed by atoms with Crippen molar-refractivity contribution in [1.82, 2.24) is 0 Å². The predicted octanol–water partition coefficient (Wildman–Crippen LogP) is 3.45. The molecule has 4 nitrogen and oxygen atoms in total. The highest BCUT2D eigenvalue weighted by molar-refractivity contribution is 6.13. The van der Waals surface area contributed by atoms with E-state index in [0.717, 1.165) is 16.8 Å². The van der Waals surface area contributed by atoms with Crippen molar-refractivity contribution in [2.75, 3.05) is 11.4 Å². The van der Waals surface area contributed by atoms with Gasteiger partial charge >= 0.3 is 0 Å². The van der Waals surface area contributed by atoms with Crippen LogP contribution in [0.3, 0.4) is 0 Å². The van der Waals surface area contributed by atoms with E-state index in [2.05, 4.69) is 6.58 Å². The lowest BCUT2D eigenvalue weighted by Crippen LogP contribution is -2.40. The number of hydrogen-bond donors (Lipinski definition) is 0. The van der Waals surface area contributed by atoms with E-state index in [1.165, 1.54) is 0 Å². The number of hydrogen-bond acceptors (Lipinski definition) is 3. The molecule has 0 saturated carbocycles. The number of Topliss-reactive ketones (excluding diaryl/α,β-unsaturated/α-hetero) is 1. The Labute approximate surface area is 146 Å². The van der Waals surface area contributed by atoms with Crippen molar-refractivity contribution in [2.24, 2.45) is 0 Å². The molecule has 0 aromatic heterocycles. The zero-order valence-corrected chi connectivity index (χ0v) is 13.6. The van der Waals surface area contributed by atoms with E-state index in [4.69, 9.17) is 4.74 Å². The van der Waals surface area contributed by atoms with Gasteiger partial charge in [-0.05, 0) is 17.7 Å². The highest BCUT2D eigenvalue weighted by atomic mass is 16.5. The van der Waals surface area contributed by atoms with Crippen LogP contribution in [0.1, 0.15) is 17.5 Å². The SMILES string of the molecule is C=CCN1C(=O)C2(CC(=O)/C(=C/c3ccccc3)O2)c2ccccc21. The molecule has 1 amide bonds. The maximum atomic E-state index is 13.1. The number of allylic oxidation sites excluding steroid dienone is 1. The number of ether oxygens (including phenoxy) is 1. The second kappa shape index (κ2) is 5.74. The lowest BCUT2D eigenvalue weighted by molar-refractivity contribution is -0.135. The fourth-order valence-electron chi connectivity index (χ4n) is 3.48. The smallest absolute Gasteiger partial charge is 0.276 e. The number of carbonyl (C=O) groups is 2. The van der Waals surface area contributed by atoms with Crippen LogP contribution < -0.4 is 4.90 Å². The van der Waals surface area contributed by atoms with Crippen molar-refractivity contribution in [1.29, 1.82) is 0 Å². The van der Waals surface area contributed by atoms with E-state index >= 15 is 0 Å². The second-order valence-electron chi connectivity index (χ2n) is 6.17. The molecule has 0 bridgehead atoms. The Morgan fingerprint density at radius 3 is 2.56 bits per heavy atom. The summed E-state index contributed by atoms with van der Waals surface area (Å²) >= 11 is 0. The monoisotopic (exact) mass is 331 g/mol. The van der Waals surface area contributed by atoms with E-state index in [-0.39, 0.29) is 23.9 Å². The Morgan fingerprint density at radius 2 is 1.80 bits per heavy atom. The molecule has 1 fully saturated rings. The average Bonchev–Trinajstić information content (AvgIpc) is 3.07. The van der Waals surface area contributed by atoms with Crippen LogP contribution in [0, 0.1) is 0 Å². The molecular weight excluding hydrogens is 314 g/mol. The number of amides is 1. The number of anilines is 1. The molecule has 25 heavy (non-hydrogen) atoms. The lowest BCUT2D eigenvalue weighted by atomic mass is 9.92. The van der Waals surface area contributed by atoms with E-state index in [1.54, 1.807) is 17.1 Å². The zero-order chi connectivity index (χ0) is 17.4. The molecule has 124 valence electrons. The molecule has 1 saturated heterocycles. The minimum Gasteiger partial charge on any atom is -0.468 e. The third-order valence-electron chi connectivity index (χ3n) is 4.60. The van der Waals surface area contributed by atoms with Gasteiger partial charge in [-0.25, -0.2) is 0 Å². The molecule has 0 radical (unpaired) electrons. The van der Waals surface area contributed by atoms with Crippen molar-refractivity contribution < 1.29 is 14.3 Å². The summed E-state index contributed by atoms with van der Waals surface area (Å²) in [5, 5.41) is 0. The number of para-hydroxylation sites is 1. The standard InChI is InChI=1S/C21H17NO3/c1-2-12-22-17-11-7-6-10-16(17)21(20(22)24)14-18(23)19(25-21)13-15-8-4-3-5-9-15/h2-11,13H,1,12,14H2/b19-13-. The van der Waals surface area contributed by atoms with Gasteiger partial charge in [-0.1, -0.05) is 54.6 Å². The first-order chi connectivity index (χ1) is 12.2. The molecule has 2 heterocycles. The Morgan fingerprint density at radius 1 is 1.08 bits per heavy atom. The van der Waals surface area contributed by atoms with Crippen molar-refractivity contribution in [3.63, 3.8) is 0 Å². The summed E-state index contributed by atoms with van der Waals surface area (Å²) in [5.74, 6) is -0.138. The quantitative estimate of drug-likeness (QED) is 0.639. The number of ketones is 1. The minimum atomic E-state index is -1.25. The van der Waals surface area contributed by atoms with Crippen LogP contribution in [0.5, 0.6) is 0 Å². The molecule has 0 aliphatic carbocycles. The fraction of sp³-hybridized carbons (Fsp3) is 0.143. The first-order valence-corrected chi connectivity index (χ1v) is 8.17. The molecule has 2 aromatic rings. The van der Waals surface area contributed by atoms with Gasteiger partial charge in [-0.15, -0.1) is 6.58 Å². The third kappa shape index (κ3) is 2.30. The summed E-state index contributed by atoms with van der Waals surface area (Å²) in [6, 6.07) is 16.9. The molecule has 1 unspecified atom stereocenters. The fourth-order valence-corrected chi connectivity index (χ4v) is 3.48. The zero-order valence-electron chi connectivity index (χ0n) is 13.6. The third-order valence-corrected chi connectivity index (χ3v) is 4.60. The Kier molecular flexibility index (Phi) is 3.53. The van der Waals surface area contributed by atoms with Crippen LogP contribution in [-0.2, 0) is 19.9 Å².